The smallest absolute Gasteiger partial charge is 0.175 e. The Morgan fingerprint density at radius 3 is 2.35 bits per heavy atom. The van der Waals surface area contributed by atoms with Crippen molar-refractivity contribution in [1.29, 1.82) is 0 Å². The molecular weight excluding hydrogens is 306 g/mol. The van der Waals surface area contributed by atoms with Gasteiger partial charge < -0.3 is 4.98 Å². The molecule has 1 N–H and O–H groups in total. The first kappa shape index (κ1) is 15.8. The van der Waals surface area contributed by atoms with Crippen molar-refractivity contribution in [3.05, 3.63) is 70.4 Å². The van der Waals surface area contributed by atoms with E-state index in [4.69, 9.17) is 11.6 Å². The number of hydrogen-bond donors (Lipinski definition) is 1. The van der Waals surface area contributed by atoms with E-state index in [1.807, 2.05) is 18.2 Å². The molecule has 0 saturated carbocycles. The Bertz CT molecular complexity index is 825. The molecule has 118 valence electrons. The molecule has 2 nitrogen and oxygen atoms in total. The number of fused-ring (bicyclic) bond motifs is 2. The molecule has 0 amide bonds. The van der Waals surface area contributed by atoms with Crippen LogP contribution in [0.4, 0.5) is 0 Å². The molecule has 3 heteroatoms. The van der Waals surface area contributed by atoms with Crippen LogP contribution < -0.4 is 0 Å². The maximum absolute atomic E-state index is 11.0. The number of rotatable bonds is 1. The van der Waals surface area contributed by atoms with Gasteiger partial charge in [0, 0.05) is 22.8 Å². The monoisotopic (exact) mass is 325 g/mol. The summed E-state index contributed by atoms with van der Waals surface area (Å²) < 4.78 is 0. The van der Waals surface area contributed by atoms with Gasteiger partial charge in [-0.25, -0.2) is 0 Å². The molecule has 1 aliphatic carbocycles. The van der Waals surface area contributed by atoms with Crippen molar-refractivity contribution in [2.45, 2.75) is 26.7 Å². The fourth-order valence-electron chi connectivity index (χ4n) is 3.07. The Kier molecular flexibility index (Phi) is 4.53. The molecule has 1 heterocycles. The summed E-state index contributed by atoms with van der Waals surface area (Å²) >= 11 is 5.81. The van der Waals surface area contributed by atoms with Crippen LogP contribution in [0.2, 0.25) is 5.02 Å². The highest BCUT2D eigenvalue weighted by molar-refractivity contribution is 6.31. The van der Waals surface area contributed by atoms with Crippen LogP contribution in [-0.2, 0) is 12.8 Å². The molecule has 0 spiro atoms. The average Bonchev–Trinajstić information content (AvgIpc) is 3.09. The zero-order chi connectivity index (χ0) is 16.4. The van der Waals surface area contributed by atoms with Crippen LogP contribution in [-0.4, -0.2) is 10.8 Å². The molecule has 0 fully saturated rings. The number of aromatic nitrogens is 1. The third kappa shape index (κ3) is 3.65. The van der Waals surface area contributed by atoms with E-state index in [1.165, 1.54) is 19.8 Å². The van der Waals surface area contributed by atoms with Gasteiger partial charge in [0.1, 0.15) is 0 Å². The summed E-state index contributed by atoms with van der Waals surface area (Å²) in [5, 5.41) is 1.65. The molecule has 0 bridgehead atoms. The van der Waals surface area contributed by atoms with Gasteiger partial charge in [-0.3, -0.25) is 4.79 Å². The van der Waals surface area contributed by atoms with Gasteiger partial charge in [0.05, 0.1) is 5.69 Å². The van der Waals surface area contributed by atoms with E-state index < -0.39 is 0 Å². The van der Waals surface area contributed by atoms with E-state index in [1.54, 1.807) is 17.2 Å². The van der Waals surface area contributed by atoms with E-state index in [0.29, 0.717) is 10.7 Å². The van der Waals surface area contributed by atoms with Crippen molar-refractivity contribution in [3.8, 4) is 0 Å². The van der Waals surface area contributed by atoms with Crippen LogP contribution in [0.1, 0.15) is 35.5 Å². The second-order valence-corrected chi connectivity index (χ2v) is 6.69. The number of ketones is 1. The summed E-state index contributed by atoms with van der Waals surface area (Å²) in [5.41, 5.74) is 4.69. The topological polar surface area (TPSA) is 32.9 Å². The summed E-state index contributed by atoms with van der Waals surface area (Å²) in [6.45, 7) is 3.85. The lowest BCUT2D eigenvalue weighted by Gasteiger charge is -1.93. The van der Waals surface area contributed by atoms with Crippen LogP contribution >= 0.6 is 11.6 Å². The normalized spacial score (nSPS) is 13.5. The fourth-order valence-corrected chi connectivity index (χ4v) is 3.25. The molecule has 0 radical (unpaired) electrons. The Morgan fingerprint density at radius 2 is 1.74 bits per heavy atom. The number of Topliss-reactive ketones (excluding diaryl/α,β-unsaturated/α-hetero) is 1. The summed E-state index contributed by atoms with van der Waals surface area (Å²) in [4.78, 5) is 14.0. The molecule has 0 atom stereocenters. The molecular formula is C20H20ClNO. The summed E-state index contributed by atoms with van der Waals surface area (Å²) in [7, 11) is 0. The van der Waals surface area contributed by atoms with Crippen molar-refractivity contribution >= 4 is 28.3 Å². The van der Waals surface area contributed by atoms with Crippen molar-refractivity contribution in [1.82, 2.24) is 4.98 Å². The number of aromatic amines is 1. The number of nitrogens with one attached hydrogen (secondary N) is 1. The maximum Gasteiger partial charge on any atom is 0.175 e. The van der Waals surface area contributed by atoms with Crippen molar-refractivity contribution < 1.29 is 4.79 Å². The number of carbonyl (C=O) groups is 1. The quantitative estimate of drug-likeness (QED) is 0.593. The maximum atomic E-state index is 11.0. The van der Waals surface area contributed by atoms with Crippen LogP contribution in [0.3, 0.4) is 0 Å². The number of carbonyl (C=O) groups excluding carboxylic acids is 1. The third-order valence-electron chi connectivity index (χ3n) is 4.22. The second-order valence-electron chi connectivity index (χ2n) is 6.25. The first-order valence-electron chi connectivity index (χ1n) is 7.89. The van der Waals surface area contributed by atoms with Crippen LogP contribution in [0.25, 0.3) is 10.9 Å². The molecule has 2 aromatic carbocycles. The van der Waals surface area contributed by atoms with E-state index >= 15 is 0 Å². The highest BCUT2D eigenvalue weighted by Crippen LogP contribution is 2.25. The van der Waals surface area contributed by atoms with Crippen molar-refractivity contribution in [3.63, 3.8) is 0 Å². The average molecular weight is 326 g/mol. The first-order chi connectivity index (χ1) is 11.0. The van der Waals surface area contributed by atoms with Gasteiger partial charge in [0.25, 0.3) is 0 Å². The molecule has 1 aromatic heterocycles. The lowest BCUT2D eigenvalue weighted by molar-refractivity contribution is 0.101. The van der Waals surface area contributed by atoms with Crippen molar-refractivity contribution in [2.75, 3.05) is 0 Å². The lowest BCUT2D eigenvalue weighted by atomic mass is 10.1. The van der Waals surface area contributed by atoms with Gasteiger partial charge in [-0.2, -0.15) is 0 Å². The number of halogens is 1. The SMILES string of the molecule is CC(=O)c1cc2cc(Cl)ccc2[nH]1.CC1Cc2ccccc2C1. The Labute approximate surface area is 141 Å². The van der Waals surface area contributed by atoms with Crippen LogP contribution in [0, 0.1) is 5.92 Å². The standard InChI is InChI=1S/C10H8ClNO.C10H12/c1-6(13)10-5-7-4-8(11)2-3-9(7)12-10;1-8-6-9-4-2-3-5-10(9)7-8/h2-5,12H,1H3;2-5,8H,6-7H2,1H3. The predicted molar refractivity (Wildman–Crippen MR) is 96.3 cm³/mol. The fraction of sp³-hybridized carbons (Fsp3) is 0.250. The summed E-state index contributed by atoms with van der Waals surface area (Å²) in [6.07, 6.45) is 2.58. The van der Waals surface area contributed by atoms with E-state index in [9.17, 15) is 4.79 Å². The van der Waals surface area contributed by atoms with Gasteiger partial charge >= 0.3 is 0 Å². The zero-order valence-corrected chi connectivity index (χ0v) is 14.2. The lowest BCUT2D eigenvalue weighted by Crippen LogP contribution is -1.89. The molecule has 0 aliphatic heterocycles. The van der Waals surface area contributed by atoms with Gasteiger partial charge in [-0.15, -0.1) is 0 Å². The minimum atomic E-state index is 0.0346. The Morgan fingerprint density at radius 1 is 1.09 bits per heavy atom. The number of H-pyrrole nitrogens is 1. The van der Waals surface area contributed by atoms with E-state index in [2.05, 4.69) is 36.2 Å². The van der Waals surface area contributed by atoms with Gasteiger partial charge in [0.15, 0.2) is 5.78 Å². The highest BCUT2D eigenvalue weighted by Gasteiger charge is 2.15. The largest absolute Gasteiger partial charge is 0.352 e. The van der Waals surface area contributed by atoms with Crippen LogP contribution in [0.5, 0.6) is 0 Å². The second kappa shape index (κ2) is 6.59. The van der Waals surface area contributed by atoms with E-state index in [-0.39, 0.29) is 5.78 Å². The number of benzene rings is 2. The van der Waals surface area contributed by atoms with Gasteiger partial charge in [-0.1, -0.05) is 42.8 Å². The molecule has 1 aliphatic rings. The third-order valence-corrected chi connectivity index (χ3v) is 4.45. The minimum Gasteiger partial charge on any atom is -0.352 e. The summed E-state index contributed by atoms with van der Waals surface area (Å²) in [6, 6.07) is 16.1. The van der Waals surface area contributed by atoms with Crippen molar-refractivity contribution in [2.24, 2.45) is 5.92 Å². The Hall–Kier alpha value is -2.06. The minimum absolute atomic E-state index is 0.0346. The Balaban J connectivity index is 0.000000140. The van der Waals surface area contributed by atoms with Gasteiger partial charge in [-0.05, 0) is 54.2 Å². The molecule has 0 saturated heterocycles. The molecule has 0 unspecified atom stereocenters. The van der Waals surface area contributed by atoms with Crippen LogP contribution in [0.15, 0.2) is 48.5 Å². The number of hydrogen-bond acceptors (Lipinski definition) is 1. The predicted octanol–water partition coefficient (Wildman–Crippen LogP) is 5.45. The zero-order valence-electron chi connectivity index (χ0n) is 13.4. The molecule has 23 heavy (non-hydrogen) atoms. The van der Waals surface area contributed by atoms with Gasteiger partial charge in [0.2, 0.25) is 0 Å². The first-order valence-corrected chi connectivity index (χ1v) is 8.26. The molecule has 4 rings (SSSR count). The summed E-state index contributed by atoms with van der Waals surface area (Å²) in [5.74, 6) is 0.907. The van der Waals surface area contributed by atoms with E-state index in [0.717, 1.165) is 16.8 Å². The molecule has 3 aromatic rings. The highest BCUT2D eigenvalue weighted by atomic mass is 35.5.